The molecule has 2 aromatic heterocycles. The third kappa shape index (κ3) is 2.90. The van der Waals surface area contributed by atoms with Crippen LogP contribution in [0.15, 0.2) is 23.0 Å². The zero-order valence-corrected chi connectivity index (χ0v) is 9.42. The van der Waals surface area contributed by atoms with Crippen LogP contribution in [0.25, 0.3) is 0 Å². The van der Waals surface area contributed by atoms with E-state index < -0.39 is 0 Å². The summed E-state index contributed by atoms with van der Waals surface area (Å²) >= 11 is 0. The van der Waals surface area contributed by atoms with E-state index in [1.54, 1.807) is 13.1 Å². The van der Waals surface area contributed by atoms with Crippen LogP contribution in [0.1, 0.15) is 18.6 Å². The Hall–Kier alpha value is -1.69. The van der Waals surface area contributed by atoms with Crippen molar-refractivity contribution in [3.63, 3.8) is 0 Å². The number of hydrogen-bond acceptors (Lipinski definition) is 5. The molecular weight excluding hydrogens is 206 g/mol. The summed E-state index contributed by atoms with van der Waals surface area (Å²) in [6, 6.07) is 2.22. The Kier molecular flexibility index (Phi) is 3.31. The summed E-state index contributed by atoms with van der Waals surface area (Å²) in [4.78, 5) is 4.12. The summed E-state index contributed by atoms with van der Waals surface area (Å²) in [6.07, 6.45) is 3.71. The maximum Gasteiger partial charge on any atom is 0.223 e. The number of aryl methyl sites for hydroxylation is 1. The highest BCUT2D eigenvalue weighted by Crippen LogP contribution is 1.96. The first-order valence-corrected chi connectivity index (χ1v) is 5.24. The maximum atomic E-state index is 4.88. The fourth-order valence-electron chi connectivity index (χ4n) is 1.43. The average molecular weight is 221 g/mol. The van der Waals surface area contributed by atoms with Crippen molar-refractivity contribution in [2.75, 3.05) is 0 Å². The lowest BCUT2D eigenvalue weighted by molar-refractivity contribution is 0.380. The Morgan fingerprint density at radius 2 is 2.44 bits per heavy atom. The van der Waals surface area contributed by atoms with Gasteiger partial charge in [-0.1, -0.05) is 5.16 Å². The molecule has 0 fully saturated rings. The van der Waals surface area contributed by atoms with Gasteiger partial charge in [-0.05, 0) is 13.0 Å². The fourth-order valence-corrected chi connectivity index (χ4v) is 1.43. The molecule has 0 radical (unpaired) electrons. The van der Waals surface area contributed by atoms with Gasteiger partial charge in [0.25, 0.3) is 0 Å². The van der Waals surface area contributed by atoms with Crippen molar-refractivity contribution < 1.29 is 4.52 Å². The molecule has 0 spiro atoms. The molecule has 0 aromatic carbocycles. The van der Waals surface area contributed by atoms with Crippen molar-refractivity contribution in [1.82, 2.24) is 25.2 Å². The SMILES string of the molecule is Cc1nc(CNC(C)Cn2cccn2)no1. The molecule has 1 N–H and O–H groups in total. The summed E-state index contributed by atoms with van der Waals surface area (Å²) in [5.41, 5.74) is 0. The third-order valence-corrected chi connectivity index (χ3v) is 2.20. The number of hydrogen-bond donors (Lipinski definition) is 1. The van der Waals surface area contributed by atoms with Gasteiger partial charge in [0.05, 0.1) is 13.1 Å². The molecule has 0 aliphatic carbocycles. The van der Waals surface area contributed by atoms with Crippen LogP contribution in [-0.2, 0) is 13.1 Å². The second-order valence-electron chi connectivity index (χ2n) is 3.74. The zero-order valence-electron chi connectivity index (χ0n) is 9.42. The third-order valence-electron chi connectivity index (χ3n) is 2.20. The second kappa shape index (κ2) is 4.89. The molecule has 2 aromatic rings. The molecule has 16 heavy (non-hydrogen) atoms. The van der Waals surface area contributed by atoms with Crippen LogP contribution in [0.3, 0.4) is 0 Å². The first-order chi connectivity index (χ1) is 7.74. The van der Waals surface area contributed by atoms with Crippen LogP contribution in [0.5, 0.6) is 0 Å². The normalized spacial score (nSPS) is 12.9. The molecule has 0 bridgehead atoms. The van der Waals surface area contributed by atoms with E-state index >= 15 is 0 Å². The number of rotatable bonds is 5. The number of aromatic nitrogens is 4. The summed E-state index contributed by atoms with van der Waals surface area (Å²) < 4.78 is 6.77. The van der Waals surface area contributed by atoms with Gasteiger partial charge in [-0.15, -0.1) is 0 Å². The van der Waals surface area contributed by atoms with Crippen LogP contribution in [0.2, 0.25) is 0 Å². The fraction of sp³-hybridized carbons (Fsp3) is 0.500. The molecular formula is C10H15N5O. The zero-order chi connectivity index (χ0) is 11.4. The van der Waals surface area contributed by atoms with Crippen LogP contribution in [-0.4, -0.2) is 26.0 Å². The minimum Gasteiger partial charge on any atom is -0.340 e. The van der Waals surface area contributed by atoms with Crippen molar-refractivity contribution in [2.45, 2.75) is 33.0 Å². The van der Waals surface area contributed by atoms with Crippen molar-refractivity contribution in [1.29, 1.82) is 0 Å². The van der Waals surface area contributed by atoms with Crippen molar-refractivity contribution >= 4 is 0 Å². The summed E-state index contributed by atoms with van der Waals surface area (Å²) in [5, 5.41) is 11.3. The van der Waals surface area contributed by atoms with Gasteiger partial charge in [0, 0.05) is 25.4 Å². The summed E-state index contributed by atoms with van der Waals surface area (Å²) in [6.45, 7) is 5.31. The van der Waals surface area contributed by atoms with Crippen molar-refractivity contribution in [3.05, 3.63) is 30.2 Å². The van der Waals surface area contributed by atoms with E-state index in [2.05, 4.69) is 27.5 Å². The predicted octanol–water partition coefficient (Wildman–Crippen LogP) is 0.753. The van der Waals surface area contributed by atoms with E-state index in [-0.39, 0.29) is 0 Å². The van der Waals surface area contributed by atoms with Gasteiger partial charge in [-0.2, -0.15) is 10.1 Å². The Balaban J connectivity index is 1.77. The molecule has 0 saturated heterocycles. The van der Waals surface area contributed by atoms with Crippen molar-refractivity contribution in [2.24, 2.45) is 0 Å². The Labute approximate surface area is 93.7 Å². The van der Waals surface area contributed by atoms with Gasteiger partial charge in [0.1, 0.15) is 0 Å². The quantitative estimate of drug-likeness (QED) is 0.807. The highest BCUT2D eigenvalue weighted by atomic mass is 16.5. The lowest BCUT2D eigenvalue weighted by Crippen LogP contribution is -2.30. The molecule has 1 atom stereocenters. The smallest absolute Gasteiger partial charge is 0.223 e. The van der Waals surface area contributed by atoms with Crippen LogP contribution < -0.4 is 5.32 Å². The Bertz CT molecular complexity index is 422. The molecule has 86 valence electrons. The van der Waals surface area contributed by atoms with Crippen LogP contribution >= 0.6 is 0 Å². The van der Waals surface area contributed by atoms with E-state index in [0.717, 1.165) is 6.54 Å². The molecule has 6 heteroatoms. The van der Waals surface area contributed by atoms with E-state index in [0.29, 0.717) is 24.3 Å². The van der Waals surface area contributed by atoms with Crippen molar-refractivity contribution in [3.8, 4) is 0 Å². The standard InChI is InChI=1S/C10H15N5O/c1-8(7-15-5-3-4-12-15)11-6-10-13-9(2)16-14-10/h3-5,8,11H,6-7H2,1-2H3. The monoisotopic (exact) mass is 221 g/mol. The van der Waals surface area contributed by atoms with E-state index in [4.69, 9.17) is 4.52 Å². The van der Waals surface area contributed by atoms with Gasteiger partial charge >= 0.3 is 0 Å². The second-order valence-corrected chi connectivity index (χ2v) is 3.74. The highest BCUT2D eigenvalue weighted by Gasteiger charge is 2.06. The Morgan fingerprint density at radius 1 is 1.56 bits per heavy atom. The minimum atomic E-state index is 0.304. The molecule has 1 unspecified atom stereocenters. The van der Waals surface area contributed by atoms with Gasteiger partial charge in [0.15, 0.2) is 5.82 Å². The molecule has 2 heterocycles. The minimum absolute atomic E-state index is 0.304. The first kappa shape index (κ1) is 10.8. The lowest BCUT2D eigenvalue weighted by atomic mass is 10.3. The van der Waals surface area contributed by atoms with Crippen LogP contribution in [0, 0.1) is 6.92 Å². The maximum absolute atomic E-state index is 4.88. The largest absolute Gasteiger partial charge is 0.340 e. The van der Waals surface area contributed by atoms with Gasteiger partial charge < -0.3 is 9.84 Å². The van der Waals surface area contributed by atoms with Gasteiger partial charge in [0.2, 0.25) is 5.89 Å². The topological polar surface area (TPSA) is 68.8 Å². The summed E-state index contributed by atoms with van der Waals surface area (Å²) in [7, 11) is 0. The van der Waals surface area contributed by atoms with E-state index in [1.807, 2.05) is 16.9 Å². The average Bonchev–Trinajstić information content (AvgIpc) is 2.87. The predicted molar refractivity (Wildman–Crippen MR) is 57.6 cm³/mol. The molecule has 0 aliphatic rings. The highest BCUT2D eigenvalue weighted by molar-refractivity contribution is 4.84. The van der Waals surface area contributed by atoms with E-state index in [9.17, 15) is 0 Å². The van der Waals surface area contributed by atoms with Crippen LogP contribution in [0.4, 0.5) is 0 Å². The van der Waals surface area contributed by atoms with Gasteiger partial charge in [-0.3, -0.25) is 4.68 Å². The molecule has 0 amide bonds. The summed E-state index contributed by atoms with van der Waals surface area (Å²) in [5.74, 6) is 1.28. The number of nitrogens with one attached hydrogen (secondary N) is 1. The van der Waals surface area contributed by atoms with Gasteiger partial charge in [-0.25, -0.2) is 0 Å². The molecule has 6 nitrogen and oxygen atoms in total. The number of nitrogens with zero attached hydrogens (tertiary/aromatic N) is 4. The Morgan fingerprint density at radius 3 is 3.06 bits per heavy atom. The van der Waals surface area contributed by atoms with E-state index in [1.165, 1.54) is 0 Å². The lowest BCUT2D eigenvalue weighted by Gasteiger charge is -2.11. The molecule has 0 saturated carbocycles. The first-order valence-electron chi connectivity index (χ1n) is 5.24. The molecule has 0 aliphatic heterocycles. The molecule has 2 rings (SSSR count).